The molecule has 0 aromatic heterocycles. The largest absolute Gasteiger partial charge is 0.421 e. The van der Waals surface area contributed by atoms with E-state index in [2.05, 4.69) is 0 Å². The highest BCUT2D eigenvalue weighted by atomic mass is 16.5. The molecule has 0 spiro atoms. The predicted molar refractivity (Wildman–Crippen MR) is 89.5 cm³/mol. The van der Waals surface area contributed by atoms with Crippen molar-refractivity contribution in [3.8, 4) is 6.07 Å². The van der Waals surface area contributed by atoms with Gasteiger partial charge in [0.05, 0.1) is 5.56 Å². The molecule has 0 aliphatic rings. The lowest BCUT2D eigenvalue weighted by Gasteiger charge is -2.14. The number of likely N-dealkylation sites (N-methyl/N-ethyl adjacent to an activating group) is 1. The summed E-state index contributed by atoms with van der Waals surface area (Å²) >= 11 is 0. The lowest BCUT2D eigenvalue weighted by molar-refractivity contribution is -0.124. The number of esters is 1. The van der Waals surface area contributed by atoms with Gasteiger partial charge in [0.2, 0.25) is 0 Å². The zero-order valence-corrected chi connectivity index (χ0v) is 13.4. The van der Waals surface area contributed by atoms with E-state index in [1.165, 1.54) is 19.0 Å². The number of nitriles is 1. The van der Waals surface area contributed by atoms with Crippen molar-refractivity contribution in [2.45, 2.75) is 0 Å². The molecule has 0 saturated heterocycles. The highest BCUT2D eigenvalue weighted by Crippen LogP contribution is 2.23. The van der Waals surface area contributed by atoms with Crippen molar-refractivity contribution in [2.75, 3.05) is 14.1 Å². The van der Waals surface area contributed by atoms with Crippen LogP contribution in [0.5, 0.6) is 0 Å². The van der Waals surface area contributed by atoms with Crippen LogP contribution in [0.4, 0.5) is 0 Å². The van der Waals surface area contributed by atoms with Crippen LogP contribution in [0.3, 0.4) is 0 Å². The van der Waals surface area contributed by atoms with Crippen LogP contribution in [0.2, 0.25) is 0 Å². The Morgan fingerprint density at radius 3 is 1.88 bits per heavy atom. The number of carbonyl (C=O) groups excluding carboxylic acids is 2. The molecule has 5 nitrogen and oxygen atoms in total. The van der Waals surface area contributed by atoms with Crippen LogP contribution >= 0.6 is 0 Å². The molecule has 0 saturated carbocycles. The maximum atomic E-state index is 12.4. The molecule has 1 amide bonds. The molecule has 2 rings (SSSR count). The van der Waals surface area contributed by atoms with Crippen LogP contribution in [0.25, 0.3) is 5.76 Å². The van der Waals surface area contributed by atoms with Gasteiger partial charge in [-0.15, -0.1) is 0 Å². The fourth-order valence-corrected chi connectivity index (χ4v) is 1.99. The van der Waals surface area contributed by atoms with Crippen LogP contribution in [0.15, 0.2) is 66.2 Å². The van der Waals surface area contributed by atoms with E-state index in [-0.39, 0.29) is 11.3 Å². The van der Waals surface area contributed by atoms with Crippen molar-refractivity contribution in [3.05, 3.63) is 77.4 Å². The Morgan fingerprint density at radius 1 is 0.917 bits per heavy atom. The quantitative estimate of drug-likeness (QED) is 0.376. The van der Waals surface area contributed by atoms with Crippen molar-refractivity contribution in [1.82, 2.24) is 4.90 Å². The van der Waals surface area contributed by atoms with Crippen LogP contribution in [0.1, 0.15) is 15.9 Å². The summed E-state index contributed by atoms with van der Waals surface area (Å²) in [7, 11) is 3.06. The molecule has 24 heavy (non-hydrogen) atoms. The first-order valence-electron chi connectivity index (χ1n) is 7.23. The zero-order chi connectivity index (χ0) is 17.5. The highest BCUT2D eigenvalue weighted by Gasteiger charge is 2.22. The van der Waals surface area contributed by atoms with E-state index in [4.69, 9.17) is 4.74 Å². The molecule has 2 aromatic carbocycles. The summed E-state index contributed by atoms with van der Waals surface area (Å²) in [5, 5.41) is 9.41. The molecule has 0 fully saturated rings. The van der Waals surface area contributed by atoms with Gasteiger partial charge < -0.3 is 9.64 Å². The maximum Gasteiger partial charge on any atom is 0.343 e. The van der Waals surface area contributed by atoms with Gasteiger partial charge in [-0.2, -0.15) is 5.26 Å². The number of hydrogen-bond acceptors (Lipinski definition) is 4. The first-order chi connectivity index (χ1) is 11.5. The minimum Gasteiger partial charge on any atom is -0.421 e. The van der Waals surface area contributed by atoms with E-state index >= 15 is 0 Å². The smallest absolute Gasteiger partial charge is 0.343 e. The van der Waals surface area contributed by atoms with Gasteiger partial charge in [-0.05, 0) is 12.1 Å². The molecular weight excluding hydrogens is 304 g/mol. The van der Waals surface area contributed by atoms with Gasteiger partial charge in [-0.25, -0.2) is 4.79 Å². The molecule has 0 aliphatic heterocycles. The first kappa shape index (κ1) is 17.0. The lowest BCUT2D eigenvalue weighted by Crippen LogP contribution is -2.24. The summed E-state index contributed by atoms with van der Waals surface area (Å²) in [6.07, 6.45) is 0. The molecule has 0 atom stereocenters. The number of nitrogens with zero attached hydrogens (tertiary/aromatic N) is 2. The van der Waals surface area contributed by atoms with Gasteiger partial charge in [0.1, 0.15) is 6.07 Å². The molecular formula is C19H16N2O3. The molecule has 2 aromatic rings. The van der Waals surface area contributed by atoms with E-state index < -0.39 is 11.9 Å². The van der Waals surface area contributed by atoms with Gasteiger partial charge in [0.25, 0.3) is 5.91 Å². The normalized spacial score (nSPS) is 11.0. The number of amides is 1. The molecule has 0 radical (unpaired) electrons. The van der Waals surface area contributed by atoms with Crippen molar-refractivity contribution in [2.24, 2.45) is 0 Å². The van der Waals surface area contributed by atoms with Crippen molar-refractivity contribution in [1.29, 1.82) is 5.26 Å². The summed E-state index contributed by atoms with van der Waals surface area (Å²) in [6, 6.07) is 18.9. The summed E-state index contributed by atoms with van der Waals surface area (Å²) in [5.41, 5.74) is 0.588. The molecule has 0 aliphatic carbocycles. The third kappa shape index (κ3) is 3.87. The Bertz CT molecular complexity index is 804. The van der Waals surface area contributed by atoms with E-state index in [0.717, 1.165) is 0 Å². The van der Waals surface area contributed by atoms with Crippen molar-refractivity contribution < 1.29 is 14.3 Å². The number of hydrogen-bond donors (Lipinski definition) is 0. The van der Waals surface area contributed by atoms with Crippen LogP contribution in [-0.2, 0) is 9.53 Å². The minimum atomic E-state index is -0.631. The molecule has 0 bridgehead atoms. The Labute approximate surface area is 140 Å². The summed E-state index contributed by atoms with van der Waals surface area (Å²) < 4.78 is 5.42. The summed E-state index contributed by atoms with van der Waals surface area (Å²) in [5.74, 6) is -1.21. The Kier molecular flexibility index (Phi) is 5.48. The van der Waals surface area contributed by atoms with Crippen molar-refractivity contribution in [3.63, 3.8) is 0 Å². The second-order valence-corrected chi connectivity index (χ2v) is 5.14. The van der Waals surface area contributed by atoms with Crippen LogP contribution < -0.4 is 0 Å². The standard InChI is InChI=1S/C19H16N2O3/c1-21(2)18(22)16(13-20)17(14-9-5-3-6-10-14)24-19(23)15-11-7-4-8-12-15/h3-12H,1-2H3. The predicted octanol–water partition coefficient (Wildman–Crippen LogP) is 2.87. The average molecular weight is 320 g/mol. The second-order valence-electron chi connectivity index (χ2n) is 5.14. The van der Waals surface area contributed by atoms with E-state index in [9.17, 15) is 14.9 Å². The first-order valence-corrected chi connectivity index (χ1v) is 7.23. The molecule has 5 heteroatoms. The van der Waals surface area contributed by atoms with Crippen molar-refractivity contribution >= 4 is 17.6 Å². The highest BCUT2D eigenvalue weighted by molar-refractivity contribution is 6.05. The Hall–Kier alpha value is -3.39. The monoisotopic (exact) mass is 320 g/mol. The number of carbonyl (C=O) groups is 2. The second kappa shape index (κ2) is 7.75. The van der Waals surface area contributed by atoms with E-state index in [1.807, 2.05) is 6.07 Å². The molecule has 0 heterocycles. The topological polar surface area (TPSA) is 70.4 Å². The minimum absolute atomic E-state index is 0.0503. The molecule has 0 N–H and O–H groups in total. The summed E-state index contributed by atoms with van der Waals surface area (Å²) in [4.78, 5) is 25.9. The van der Waals surface area contributed by atoms with Gasteiger partial charge in [0, 0.05) is 19.7 Å². The molecule has 120 valence electrons. The number of rotatable bonds is 4. The van der Waals surface area contributed by atoms with Gasteiger partial charge >= 0.3 is 5.97 Å². The fraction of sp³-hybridized carbons (Fsp3) is 0.105. The summed E-state index contributed by atoms with van der Waals surface area (Å²) in [6.45, 7) is 0. The van der Waals surface area contributed by atoms with Gasteiger partial charge in [-0.1, -0.05) is 48.5 Å². The van der Waals surface area contributed by atoms with Gasteiger partial charge in [-0.3, -0.25) is 4.79 Å². The Balaban J connectivity index is 2.50. The maximum absolute atomic E-state index is 12.4. The lowest BCUT2D eigenvalue weighted by atomic mass is 10.1. The zero-order valence-electron chi connectivity index (χ0n) is 13.4. The number of benzene rings is 2. The van der Waals surface area contributed by atoms with E-state index in [1.54, 1.807) is 60.7 Å². The van der Waals surface area contributed by atoms with E-state index in [0.29, 0.717) is 11.1 Å². The molecule has 0 unspecified atom stereocenters. The SMILES string of the molecule is CN(C)C(=O)C(C#N)=C(OC(=O)c1ccccc1)c1ccccc1. The van der Waals surface area contributed by atoms with Crippen LogP contribution in [0, 0.1) is 11.3 Å². The van der Waals surface area contributed by atoms with Crippen LogP contribution in [-0.4, -0.2) is 30.9 Å². The van der Waals surface area contributed by atoms with Gasteiger partial charge in [0.15, 0.2) is 11.3 Å². The third-order valence-electron chi connectivity index (χ3n) is 3.20. The fourth-order valence-electron chi connectivity index (χ4n) is 1.99. The third-order valence-corrected chi connectivity index (χ3v) is 3.20. The number of ether oxygens (including phenoxy) is 1. The average Bonchev–Trinajstić information content (AvgIpc) is 2.62. The Morgan fingerprint density at radius 2 is 1.42 bits per heavy atom.